The molecule has 0 aliphatic carbocycles. The SMILES string of the molecule is Cc1c(F)ccc(-c2ccccc2)c1S(=O)(=O)n1cc(CCC(=O)O)c2cc(Cl)ccc21. The molecule has 32 heavy (non-hydrogen) atoms. The van der Waals surface area contributed by atoms with Crippen LogP contribution in [0.1, 0.15) is 17.5 Å². The first-order chi connectivity index (χ1) is 15.2. The third kappa shape index (κ3) is 3.89. The molecule has 1 N–H and O–H groups in total. The molecule has 0 radical (unpaired) electrons. The van der Waals surface area contributed by atoms with Gasteiger partial charge in [-0.05, 0) is 48.7 Å². The first kappa shape index (κ1) is 22.0. The highest BCUT2D eigenvalue weighted by molar-refractivity contribution is 7.90. The summed E-state index contributed by atoms with van der Waals surface area (Å²) in [6.07, 6.45) is 1.36. The van der Waals surface area contributed by atoms with Crippen molar-refractivity contribution in [2.75, 3.05) is 0 Å². The molecule has 8 heteroatoms. The zero-order chi connectivity index (χ0) is 23.0. The number of carboxylic acids is 1. The molecule has 5 nitrogen and oxygen atoms in total. The lowest BCUT2D eigenvalue weighted by Gasteiger charge is -2.16. The van der Waals surface area contributed by atoms with Crippen molar-refractivity contribution in [3.63, 3.8) is 0 Å². The lowest BCUT2D eigenvalue weighted by Crippen LogP contribution is -2.15. The number of halogens is 2. The van der Waals surface area contributed by atoms with Crippen LogP contribution in [0.5, 0.6) is 0 Å². The Bertz CT molecular complexity index is 1450. The van der Waals surface area contributed by atoms with Crippen LogP contribution in [-0.4, -0.2) is 23.5 Å². The summed E-state index contributed by atoms with van der Waals surface area (Å²) in [7, 11) is -4.24. The van der Waals surface area contributed by atoms with Crippen LogP contribution in [0.3, 0.4) is 0 Å². The molecule has 1 aromatic heterocycles. The van der Waals surface area contributed by atoms with E-state index in [0.717, 1.165) is 3.97 Å². The smallest absolute Gasteiger partial charge is 0.303 e. The summed E-state index contributed by atoms with van der Waals surface area (Å²) < 4.78 is 43.4. The fraction of sp³-hybridized carbons (Fsp3) is 0.125. The minimum atomic E-state index is -4.24. The monoisotopic (exact) mass is 471 g/mol. The van der Waals surface area contributed by atoms with E-state index in [1.807, 2.05) is 6.07 Å². The van der Waals surface area contributed by atoms with E-state index in [9.17, 15) is 17.6 Å². The fourth-order valence-electron chi connectivity index (χ4n) is 3.82. The minimum Gasteiger partial charge on any atom is -0.481 e. The van der Waals surface area contributed by atoms with Crippen molar-refractivity contribution in [1.29, 1.82) is 0 Å². The van der Waals surface area contributed by atoms with Crippen LogP contribution in [0, 0.1) is 12.7 Å². The van der Waals surface area contributed by atoms with Crippen molar-refractivity contribution < 1.29 is 22.7 Å². The van der Waals surface area contributed by atoms with Crippen molar-refractivity contribution in [2.24, 2.45) is 0 Å². The second-order valence-corrected chi connectivity index (χ2v) is 9.61. The minimum absolute atomic E-state index is 0.00857. The van der Waals surface area contributed by atoms with Gasteiger partial charge < -0.3 is 5.11 Å². The van der Waals surface area contributed by atoms with Crippen molar-refractivity contribution in [2.45, 2.75) is 24.7 Å². The zero-order valence-electron chi connectivity index (χ0n) is 17.0. The largest absolute Gasteiger partial charge is 0.481 e. The van der Waals surface area contributed by atoms with Crippen molar-refractivity contribution in [1.82, 2.24) is 3.97 Å². The molecule has 0 fully saturated rings. The normalized spacial score (nSPS) is 11.7. The molecule has 1 heterocycles. The molecule has 4 aromatic rings. The molecule has 0 spiro atoms. The van der Waals surface area contributed by atoms with Crippen LogP contribution in [0.15, 0.2) is 71.8 Å². The van der Waals surface area contributed by atoms with Gasteiger partial charge in [0.05, 0.1) is 5.52 Å². The number of hydrogen-bond acceptors (Lipinski definition) is 3. The lowest BCUT2D eigenvalue weighted by molar-refractivity contribution is -0.136. The molecule has 164 valence electrons. The number of hydrogen-bond donors (Lipinski definition) is 1. The van der Waals surface area contributed by atoms with Crippen LogP contribution < -0.4 is 0 Å². The summed E-state index contributed by atoms with van der Waals surface area (Å²) in [4.78, 5) is 11.0. The maximum Gasteiger partial charge on any atom is 0.303 e. The van der Waals surface area contributed by atoms with Crippen molar-refractivity contribution >= 4 is 38.5 Å². The summed E-state index contributed by atoms with van der Waals surface area (Å²) >= 11 is 6.12. The summed E-state index contributed by atoms with van der Waals surface area (Å²) in [5.41, 5.74) is 1.91. The Kier molecular flexibility index (Phi) is 5.79. The Labute approximate surface area is 189 Å². The molecule has 4 rings (SSSR count). The van der Waals surface area contributed by atoms with Crippen LogP contribution in [0.4, 0.5) is 4.39 Å². The molecule has 0 saturated heterocycles. The molecule has 0 aliphatic rings. The topological polar surface area (TPSA) is 76.4 Å². The van der Waals surface area contributed by atoms with Gasteiger partial charge in [-0.2, -0.15) is 0 Å². The highest BCUT2D eigenvalue weighted by Crippen LogP contribution is 2.36. The van der Waals surface area contributed by atoms with Crippen molar-refractivity contribution in [3.8, 4) is 11.1 Å². The molecule has 0 amide bonds. The van der Waals surface area contributed by atoms with Gasteiger partial charge in [0.1, 0.15) is 10.7 Å². The number of fused-ring (bicyclic) bond motifs is 1. The predicted molar refractivity (Wildman–Crippen MR) is 122 cm³/mol. The number of rotatable bonds is 6. The highest BCUT2D eigenvalue weighted by Gasteiger charge is 2.28. The molecular weight excluding hydrogens is 453 g/mol. The van der Waals surface area contributed by atoms with Gasteiger partial charge in [-0.1, -0.05) is 48.0 Å². The van der Waals surface area contributed by atoms with Crippen LogP contribution in [0.25, 0.3) is 22.0 Å². The lowest BCUT2D eigenvalue weighted by atomic mass is 10.0. The summed E-state index contributed by atoms with van der Waals surface area (Å²) in [5, 5.41) is 10.0. The zero-order valence-corrected chi connectivity index (χ0v) is 18.6. The highest BCUT2D eigenvalue weighted by atomic mass is 35.5. The molecule has 0 saturated carbocycles. The Morgan fingerprint density at radius 3 is 2.50 bits per heavy atom. The maximum atomic E-state index is 14.5. The van der Waals surface area contributed by atoms with E-state index < -0.39 is 21.8 Å². The maximum absolute atomic E-state index is 14.5. The van der Waals surface area contributed by atoms with Crippen molar-refractivity contribution in [3.05, 3.63) is 88.8 Å². The Morgan fingerprint density at radius 1 is 1.09 bits per heavy atom. The van der Waals surface area contributed by atoms with Gasteiger partial charge in [0.25, 0.3) is 10.0 Å². The Morgan fingerprint density at radius 2 is 1.81 bits per heavy atom. The van der Waals surface area contributed by atoms with Gasteiger partial charge in [0, 0.05) is 34.2 Å². The van der Waals surface area contributed by atoms with Gasteiger partial charge in [-0.15, -0.1) is 0 Å². The summed E-state index contributed by atoms with van der Waals surface area (Å²) in [6.45, 7) is 1.43. The molecule has 0 aliphatic heterocycles. The van der Waals surface area contributed by atoms with E-state index >= 15 is 0 Å². The summed E-state index contributed by atoms with van der Waals surface area (Å²) in [5.74, 6) is -1.63. The van der Waals surface area contributed by atoms with Gasteiger partial charge in [0.2, 0.25) is 0 Å². The third-order valence-electron chi connectivity index (χ3n) is 5.36. The van der Waals surface area contributed by atoms with Gasteiger partial charge in [-0.3, -0.25) is 4.79 Å². The number of aliphatic carboxylic acids is 1. The number of carbonyl (C=O) groups is 1. The third-order valence-corrected chi connectivity index (χ3v) is 7.46. The second-order valence-electron chi connectivity index (χ2n) is 7.43. The number of aromatic nitrogens is 1. The van der Waals surface area contributed by atoms with E-state index in [4.69, 9.17) is 16.7 Å². The van der Waals surface area contributed by atoms with Gasteiger partial charge in [-0.25, -0.2) is 16.8 Å². The van der Waals surface area contributed by atoms with Gasteiger partial charge >= 0.3 is 5.97 Å². The number of aryl methyl sites for hydroxylation is 1. The van der Waals surface area contributed by atoms with E-state index in [-0.39, 0.29) is 23.3 Å². The molecule has 3 aromatic carbocycles. The quantitative estimate of drug-likeness (QED) is 0.393. The second kappa shape index (κ2) is 8.41. The van der Waals surface area contributed by atoms with Crippen LogP contribution in [0.2, 0.25) is 5.02 Å². The molecular formula is C24H19ClFNO4S. The summed E-state index contributed by atoms with van der Waals surface area (Å²) in [6, 6.07) is 16.3. The first-order valence-electron chi connectivity index (χ1n) is 9.81. The molecule has 0 bridgehead atoms. The number of carboxylic acid groups (broad SMARTS) is 1. The molecule has 0 atom stereocenters. The van der Waals surface area contributed by atoms with Crippen LogP contribution in [-0.2, 0) is 21.2 Å². The van der Waals surface area contributed by atoms with Crippen LogP contribution >= 0.6 is 11.6 Å². The van der Waals surface area contributed by atoms with E-state index in [2.05, 4.69) is 0 Å². The average molecular weight is 472 g/mol. The van der Waals surface area contributed by atoms with E-state index in [1.165, 1.54) is 25.3 Å². The van der Waals surface area contributed by atoms with E-state index in [0.29, 0.717) is 32.6 Å². The fourth-order valence-corrected chi connectivity index (χ4v) is 5.82. The Hall–Kier alpha value is -3.16. The first-order valence-corrected chi connectivity index (χ1v) is 11.6. The average Bonchev–Trinajstić information content (AvgIpc) is 3.13. The number of nitrogens with zero attached hydrogens (tertiary/aromatic N) is 1. The Balaban J connectivity index is 2.00. The molecule has 0 unspecified atom stereocenters. The van der Waals surface area contributed by atoms with E-state index in [1.54, 1.807) is 42.5 Å². The predicted octanol–water partition coefficient (Wildman–Crippen LogP) is 5.66. The number of benzene rings is 3. The van der Waals surface area contributed by atoms with Gasteiger partial charge in [0.15, 0.2) is 0 Å². The standard InChI is InChI=1S/C24H19ClFNO4S/c1-15-21(26)10-9-19(16-5-3-2-4-6-16)24(15)32(30,31)27-14-17(7-12-23(28)29)20-13-18(25)8-11-22(20)27/h2-6,8-11,13-14H,7,12H2,1H3,(H,28,29).